The van der Waals surface area contributed by atoms with E-state index in [0.717, 1.165) is 47.1 Å². The van der Waals surface area contributed by atoms with Crippen molar-refractivity contribution in [3.8, 4) is 22.9 Å². The fourth-order valence-corrected chi connectivity index (χ4v) is 8.47. The van der Waals surface area contributed by atoms with Crippen molar-refractivity contribution < 1.29 is 61.8 Å². The van der Waals surface area contributed by atoms with Crippen LogP contribution < -0.4 is 14.6 Å². The second-order valence-electron chi connectivity index (χ2n) is 14.9. The zero-order valence-electron chi connectivity index (χ0n) is 31.4. The fourth-order valence-electron chi connectivity index (χ4n) is 7.39. The highest BCUT2D eigenvalue weighted by Crippen LogP contribution is 2.48. The van der Waals surface area contributed by atoms with Crippen LogP contribution in [0.3, 0.4) is 0 Å². The van der Waals surface area contributed by atoms with Crippen molar-refractivity contribution in [2.75, 3.05) is 35.4 Å². The quantitative estimate of drug-likeness (QED) is 0.0184. The predicted octanol–water partition coefficient (Wildman–Crippen LogP) is 6.89. The number of hydrogen-bond acceptors (Lipinski definition) is 13. The number of likely N-dealkylation sites (N-methyl/N-ethyl adjacent to an activating group) is 2. The van der Waals surface area contributed by atoms with Gasteiger partial charge in [-0.3, -0.25) is 4.55 Å². The molecule has 0 amide bonds. The normalized spacial score (nSPS) is 15.9. The second kappa shape index (κ2) is 14.1. The maximum atomic E-state index is 13.2. The zero-order valence-corrected chi connectivity index (χ0v) is 33.1. The number of carboxylic acids is 1. The van der Waals surface area contributed by atoms with Crippen molar-refractivity contribution in [2.45, 2.75) is 38.8 Å². The van der Waals surface area contributed by atoms with Crippen molar-refractivity contribution in [3.63, 3.8) is 0 Å². The molecule has 0 fully saturated rings. The van der Waals surface area contributed by atoms with E-state index in [1.807, 2.05) is 64.9 Å². The Labute approximate surface area is 330 Å². The second-order valence-corrected chi connectivity index (χ2v) is 17.0. The monoisotopic (exact) mass is 820 g/mol. The van der Waals surface area contributed by atoms with E-state index in [-0.39, 0.29) is 22.4 Å². The maximum absolute atomic E-state index is 13.2. The SMILES string of the molecule is CN1c2cc3[o+]c4cc5c(cc4c(-c4ccc(C(=O)On6c(O)ccc6O)cc4C(=O)O)c3cc2C(CSOOO)=CC1(C)C)C(CS(=O)(=O)O)=CC(C)(C)N5C. The Kier molecular flexibility index (Phi) is 9.78. The van der Waals surface area contributed by atoms with Gasteiger partial charge in [0.25, 0.3) is 10.1 Å². The third-order valence-corrected chi connectivity index (χ3v) is 11.8. The van der Waals surface area contributed by atoms with Gasteiger partial charge in [-0.2, -0.15) is 8.42 Å². The molecule has 16 nitrogen and oxygen atoms in total. The molecule has 0 radical (unpaired) electrons. The zero-order chi connectivity index (χ0) is 41.4. The fraction of sp³-hybridized carbons (Fsp3) is 0.256. The lowest BCUT2D eigenvalue weighted by Gasteiger charge is -2.41. The summed E-state index contributed by atoms with van der Waals surface area (Å²) in [4.78, 5) is 35.5. The lowest BCUT2D eigenvalue weighted by Crippen LogP contribution is -2.42. The molecular weight excluding hydrogens is 783 g/mol. The molecule has 57 heavy (non-hydrogen) atoms. The number of aromatic carboxylic acids is 1. The van der Waals surface area contributed by atoms with Crippen molar-refractivity contribution in [1.29, 1.82) is 0 Å². The minimum atomic E-state index is -4.49. The van der Waals surface area contributed by atoms with E-state index in [1.54, 1.807) is 18.2 Å². The molecule has 4 heterocycles. The molecule has 2 aromatic heterocycles. The van der Waals surface area contributed by atoms with Gasteiger partial charge >= 0.3 is 23.1 Å². The Bertz CT molecular complexity index is 2680. The molecule has 3 aromatic carbocycles. The first-order valence-corrected chi connectivity index (χ1v) is 19.8. The molecule has 0 spiro atoms. The van der Waals surface area contributed by atoms with E-state index in [4.69, 9.17) is 18.8 Å². The molecular formula is C39H38N3O13S2+. The summed E-state index contributed by atoms with van der Waals surface area (Å²) in [6.07, 6.45) is 3.77. The number of rotatable bonds is 10. The third kappa shape index (κ3) is 7.15. The van der Waals surface area contributed by atoms with Gasteiger partial charge in [0.1, 0.15) is 5.75 Å². The van der Waals surface area contributed by atoms with Crippen LogP contribution >= 0.6 is 12.0 Å². The van der Waals surface area contributed by atoms with Crippen molar-refractivity contribution in [3.05, 3.63) is 89.0 Å². The molecule has 0 bridgehead atoms. The van der Waals surface area contributed by atoms with E-state index in [0.29, 0.717) is 49.1 Å². The van der Waals surface area contributed by atoms with Crippen molar-refractivity contribution in [2.24, 2.45) is 0 Å². The summed E-state index contributed by atoms with van der Waals surface area (Å²) in [7, 11) is -0.733. The van der Waals surface area contributed by atoms with Crippen molar-refractivity contribution >= 4 is 78.6 Å². The van der Waals surface area contributed by atoms with Gasteiger partial charge in [0.05, 0.1) is 56.5 Å². The van der Waals surface area contributed by atoms with Crippen LogP contribution in [0.25, 0.3) is 44.2 Å². The van der Waals surface area contributed by atoms with E-state index in [9.17, 15) is 37.9 Å². The van der Waals surface area contributed by atoms with Gasteiger partial charge in [0, 0.05) is 60.7 Å². The Morgan fingerprint density at radius 2 is 1.35 bits per heavy atom. The first-order chi connectivity index (χ1) is 26.7. The number of fused-ring (bicyclic) bond motifs is 4. The molecule has 0 saturated heterocycles. The molecule has 298 valence electrons. The van der Waals surface area contributed by atoms with Gasteiger partial charge in [-0.05, 0) is 68.7 Å². The van der Waals surface area contributed by atoms with Crippen molar-refractivity contribution in [1.82, 2.24) is 4.73 Å². The number of carbonyl (C=O) groups is 2. The van der Waals surface area contributed by atoms with Gasteiger partial charge < -0.3 is 30.0 Å². The van der Waals surface area contributed by atoms with Crippen LogP contribution in [0.5, 0.6) is 11.8 Å². The molecule has 0 saturated carbocycles. The minimum absolute atomic E-state index is 0.155. The summed E-state index contributed by atoms with van der Waals surface area (Å²) >= 11 is 0.850. The number of benzene rings is 3. The number of hydrogen-bond donors (Lipinski definition) is 5. The average Bonchev–Trinajstić information content (AvgIpc) is 3.45. The Morgan fingerprint density at radius 1 is 0.807 bits per heavy atom. The van der Waals surface area contributed by atoms with Crippen LogP contribution in [0.4, 0.5) is 11.4 Å². The third-order valence-electron chi connectivity index (χ3n) is 10.5. The number of aromatic hydroxyl groups is 2. The van der Waals surface area contributed by atoms with Crippen LogP contribution in [0.15, 0.2) is 71.2 Å². The minimum Gasteiger partial charge on any atom is -0.492 e. The van der Waals surface area contributed by atoms with Crippen LogP contribution in [0.1, 0.15) is 59.5 Å². The number of nitrogens with zero attached hydrogens (tertiary/aromatic N) is 3. The van der Waals surface area contributed by atoms with E-state index >= 15 is 0 Å². The molecule has 7 rings (SSSR count). The topological polar surface area (TPSA) is 220 Å². The van der Waals surface area contributed by atoms with E-state index < -0.39 is 50.6 Å². The number of aromatic nitrogens is 1. The summed E-state index contributed by atoms with van der Waals surface area (Å²) < 4.78 is 46.5. The predicted molar refractivity (Wildman–Crippen MR) is 214 cm³/mol. The molecule has 2 aliphatic heterocycles. The van der Waals surface area contributed by atoms with Gasteiger partial charge in [-0.25, -0.2) is 19.3 Å². The molecule has 18 heteroatoms. The van der Waals surface area contributed by atoms with Crippen LogP contribution in [0, 0.1) is 0 Å². The standard InChI is InChI=1S/C39H37N3O13S2/c1-38(2)16-21(18-56-55-54-48)24-12-27-31(14-29(24)40(38)5)52-32-15-30-25(22(19-57(49,50)51)17-39(3,4)41(30)6)13-28(32)35(27)23-8-7-20(11-26(23)36(45)46)37(47)53-42-33(43)9-10-34(42)44/h7-17H,18-19H2,1-6H3,(H4-,43,44,45,46,48,49,50,51)/p+1. The summed E-state index contributed by atoms with van der Waals surface area (Å²) in [5, 5.41) is 44.2. The summed E-state index contributed by atoms with van der Waals surface area (Å²) in [5.41, 5.74) is 3.16. The molecule has 5 N–H and O–H groups in total. The summed E-state index contributed by atoms with van der Waals surface area (Å²) in [5.74, 6) is -4.07. The lowest BCUT2D eigenvalue weighted by molar-refractivity contribution is -0.432. The lowest BCUT2D eigenvalue weighted by atomic mass is 9.85. The maximum Gasteiger partial charge on any atom is 0.363 e. The van der Waals surface area contributed by atoms with E-state index in [1.165, 1.54) is 12.1 Å². The van der Waals surface area contributed by atoms with Crippen LogP contribution in [-0.2, 0) is 19.5 Å². The van der Waals surface area contributed by atoms with Gasteiger partial charge in [-0.15, -0.1) is 9.06 Å². The highest BCUT2D eigenvalue weighted by molar-refractivity contribution is 7.95. The molecule has 5 aromatic rings. The first-order valence-electron chi connectivity index (χ1n) is 17.3. The Hall–Kier alpha value is -5.63. The van der Waals surface area contributed by atoms with Gasteiger partial charge in [0.15, 0.2) is 0 Å². The van der Waals surface area contributed by atoms with E-state index in [2.05, 4.69) is 9.94 Å². The van der Waals surface area contributed by atoms with Gasteiger partial charge in [-0.1, -0.05) is 23.3 Å². The Morgan fingerprint density at radius 3 is 1.88 bits per heavy atom. The summed E-state index contributed by atoms with van der Waals surface area (Å²) in [6.45, 7) is 7.82. The average molecular weight is 821 g/mol. The smallest absolute Gasteiger partial charge is 0.363 e. The Balaban J connectivity index is 1.55. The molecule has 0 unspecified atom stereocenters. The first kappa shape index (κ1) is 39.6. The summed E-state index contributed by atoms with van der Waals surface area (Å²) in [6, 6.07) is 13.2. The largest absolute Gasteiger partial charge is 0.492 e. The highest BCUT2D eigenvalue weighted by Gasteiger charge is 2.37. The number of carboxylic acid groups (broad SMARTS) is 1. The molecule has 2 aliphatic rings. The van der Waals surface area contributed by atoms with Gasteiger partial charge in [0.2, 0.25) is 11.8 Å². The molecule has 0 atom stereocenters. The van der Waals surface area contributed by atoms with Crippen LogP contribution in [-0.4, -0.2) is 86.9 Å². The highest BCUT2D eigenvalue weighted by atomic mass is 32.2. The number of anilines is 2. The molecule has 0 aliphatic carbocycles. The van der Waals surface area contributed by atoms with Crippen LogP contribution in [0.2, 0.25) is 0 Å². The number of carbonyl (C=O) groups excluding carboxylic acids is 1.